The van der Waals surface area contributed by atoms with Crippen molar-refractivity contribution in [2.75, 3.05) is 24.7 Å². The summed E-state index contributed by atoms with van der Waals surface area (Å²) in [7, 11) is 0. The average molecular weight is 458 g/mol. The molecule has 0 bridgehead atoms. The highest BCUT2D eigenvalue weighted by Crippen LogP contribution is 2.43. The number of thiophene rings is 1. The lowest BCUT2D eigenvalue weighted by Gasteiger charge is -2.22. The van der Waals surface area contributed by atoms with Gasteiger partial charge < -0.3 is 14.4 Å². The Bertz CT molecular complexity index is 1150. The summed E-state index contributed by atoms with van der Waals surface area (Å²) in [6.45, 7) is 2.76. The zero-order chi connectivity index (χ0) is 21.4. The van der Waals surface area contributed by atoms with E-state index in [0.717, 1.165) is 63.4 Å². The molecule has 6 nitrogen and oxygen atoms in total. The van der Waals surface area contributed by atoms with E-state index >= 15 is 0 Å². The van der Waals surface area contributed by atoms with E-state index in [1.807, 2.05) is 30.0 Å². The Labute approximate surface area is 187 Å². The maximum Gasteiger partial charge on any atom is 0.344 e. The molecule has 3 aromatic rings. The normalized spacial score (nSPS) is 14.5. The van der Waals surface area contributed by atoms with Gasteiger partial charge in [-0.05, 0) is 37.1 Å². The van der Waals surface area contributed by atoms with Gasteiger partial charge in [0.05, 0.1) is 17.2 Å². The molecule has 0 radical (unpaired) electrons. The van der Waals surface area contributed by atoms with Crippen LogP contribution in [-0.2, 0) is 27.5 Å². The molecule has 2 aromatic heterocycles. The number of halogens is 1. The van der Waals surface area contributed by atoms with Crippen molar-refractivity contribution < 1.29 is 18.7 Å². The first-order valence-corrected chi connectivity index (χ1v) is 12.0. The van der Waals surface area contributed by atoms with E-state index in [0.29, 0.717) is 18.2 Å². The van der Waals surface area contributed by atoms with Crippen molar-refractivity contribution >= 4 is 40.6 Å². The quantitative estimate of drug-likeness (QED) is 0.496. The van der Waals surface area contributed by atoms with Crippen molar-refractivity contribution in [2.45, 2.75) is 24.9 Å². The van der Waals surface area contributed by atoms with Gasteiger partial charge in [0.15, 0.2) is 17.6 Å². The van der Waals surface area contributed by atoms with Gasteiger partial charge >= 0.3 is 5.97 Å². The maximum absolute atomic E-state index is 13.6. The van der Waals surface area contributed by atoms with Crippen LogP contribution in [0.3, 0.4) is 0 Å². The summed E-state index contributed by atoms with van der Waals surface area (Å²) in [5.74, 6) is 3.34. The van der Waals surface area contributed by atoms with E-state index in [2.05, 4.69) is 4.90 Å². The van der Waals surface area contributed by atoms with Gasteiger partial charge in [0, 0.05) is 35.4 Å². The number of carbonyl (C=O) groups excluding carboxylic acids is 1. The molecular formula is C22H20FN3O3S2. The molecule has 1 aromatic carbocycles. The summed E-state index contributed by atoms with van der Waals surface area (Å²) in [4.78, 5) is 24.1. The molecule has 0 saturated carbocycles. The number of fused-ring (bicyclic) bond motifs is 2. The third kappa shape index (κ3) is 3.99. The van der Waals surface area contributed by atoms with Crippen LogP contribution < -0.4 is 9.64 Å². The minimum atomic E-state index is -0.390. The summed E-state index contributed by atoms with van der Waals surface area (Å²) >= 11 is 2.87. The van der Waals surface area contributed by atoms with Crippen LogP contribution in [0.2, 0.25) is 0 Å². The zero-order valence-corrected chi connectivity index (χ0v) is 18.5. The van der Waals surface area contributed by atoms with Crippen LogP contribution in [0.4, 0.5) is 15.9 Å². The van der Waals surface area contributed by atoms with E-state index in [9.17, 15) is 9.18 Å². The van der Waals surface area contributed by atoms with Crippen LogP contribution >= 0.6 is 23.1 Å². The Morgan fingerprint density at radius 1 is 1.23 bits per heavy atom. The standard InChI is InChI=1S/C22H20FN3O3S2/c1-2-28-20(27)10-29-14-4-3-13-7-8-26(17(13)9-14)22-15-11-30-12-16(15)24-21(25-22)18-5-6-19(23)31-18/h3-6,9H,2,7-8,10-12H2,1H3. The topological polar surface area (TPSA) is 64.6 Å². The molecule has 9 heteroatoms. The molecule has 0 N–H and O–H groups in total. The van der Waals surface area contributed by atoms with E-state index in [1.165, 1.54) is 11.6 Å². The van der Waals surface area contributed by atoms with Crippen molar-refractivity contribution in [3.8, 4) is 16.5 Å². The molecule has 0 fully saturated rings. The summed E-state index contributed by atoms with van der Waals surface area (Å²) in [5, 5.41) is -0.245. The highest BCUT2D eigenvalue weighted by molar-refractivity contribution is 7.98. The van der Waals surface area contributed by atoms with Crippen molar-refractivity contribution in [1.82, 2.24) is 9.97 Å². The van der Waals surface area contributed by atoms with Gasteiger partial charge in [-0.25, -0.2) is 14.8 Å². The number of esters is 1. The van der Waals surface area contributed by atoms with Crippen molar-refractivity contribution in [3.63, 3.8) is 0 Å². The number of anilines is 2. The largest absolute Gasteiger partial charge is 0.482 e. The number of carbonyl (C=O) groups is 1. The molecule has 0 unspecified atom stereocenters. The molecule has 0 atom stereocenters. The van der Waals surface area contributed by atoms with Crippen LogP contribution in [0.15, 0.2) is 30.3 Å². The lowest BCUT2D eigenvalue weighted by molar-refractivity contribution is -0.145. The molecule has 0 spiro atoms. The Kier molecular flexibility index (Phi) is 5.54. The average Bonchev–Trinajstić information content (AvgIpc) is 3.50. The fourth-order valence-electron chi connectivity index (χ4n) is 3.82. The van der Waals surface area contributed by atoms with E-state index in [1.54, 1.807) is 13.0 Å². The lowest BCUT2D eigenvalue weighted by Crippen LogP contribution is -2.18. The van der Waals surface area contributed by atoms with Gasteiger partial charge in [-0.15, -0.1) is 11.3 Å². The predicted octanol–water partition coefficient (Wildman–Crippen LogP) is 4.73. The SMILES string of the molecule is CCOC(=O)COc1ccc2c(c1)N(c1nc(-c3ccc(F)s3)nc3c1CSC3)CC2. The first-order valence-electron chi connectivity index (χ1n) is 10.0. The van der Waals surface area contributed by atoms with Gasteiger partial charge in [-0.2, -0.15) is 16.2 Å². The van der Waals surface area contributed by atoms with Crippen LogP contribution in [0.1, 0.15) is 23.7 Å². The number of rotatable bonds is 6. The minimum absolute atomic E-state index is 0.125. The summed E-state index contributed by atoms with van der Waals surface area (Å²) in [5.41, 5.74) is 4.37. The zero-order valence-electron chi connectivity index (χ0n) is 16.9. The second kappa shape index (κ2) is 8.47. The summed E-state index contributed by atoms with van der Waals surface area (Å²) in [6, 6.07) is 9.03. The summed E-state index contributed by atoms with van der Waals surface area (Å²) < 4.78 is 24.2. The molecule has 2 aliphatic rings. The van der Waals surface area contributed by atoms with E-state index in [-0.39, 0.29) is 11.7 Å². The Morgan fingerprint density at radius 2 is 2.13 bits per heavy atom. The molecule has 4 heterocycles. The number of nitrogens with zero attached hydrogens (tertiary/aromatic N) is 3. The molecule has 2 aliphatic heterocycles. The third-order valence-electron chi connectivity index (χ3n) is 5.22. The van der Waals surface area contributed by atoms with Crippen LogP contribution in [-0.4, -0.2) is 35.7 Å². The van der Waals surface area contributed by atoms with Crippen molar-refractivity contribution in [2.24, 2.45) is 0 Å². The Morgan fingerprint density at radius 3 is 2.94 bits per heavy atom. The first-order chi connectivity index (χ1) is 15.1. The van der Waals surface area contributed by atoms with E-state index < -0.39 is 5.97 Å². The number of hydrogen-bond acceptors (Lipinski definition) is 8. The smallest absolute Gasteiger partial charge is 0.344 e. The van der Waals surface area contributed by atoms with Crippen molar-refractivity contribution in [1.29, 1.82) is 0 Å². The molecule has 31 heavy (non-hydrogen) atoms. The van der Waals surface area contributed by atoms with Crippen LogP contribution in [0.5, 0.6) is 5.75 Å². The minimum Gasteiger partial charge on any atom is -0.482 e. The fourth-order valence-corrected chi connectivity index (χ4v) is 5.51. The second-order valence-corrected chi connectivity index (χ2v) is 9.20. The molecule has 5 rings (SSSR count). The van der Waals surface area contributed by atoms with Gasteiger partial charge in [-0.1, -0.05) is 6.07 Å². The molecular weight excluding hydrogens is 437 g/mol. The monoisotopic (exact) mass is 457 g/mol. The molecule has 0 saturated heterocycles. The van der Waals surface area contributed by atoms with Crippen molar-refractivity contribution in [3.05, 3.63) is 52.3 Å². The lowest BCUT2D eigenvalue weighted by atomic mass is 10.1. The van der Waals surface area contributed by atoms with Gasteiger partial charge in [0.2, 0.25) is 0 Å². The molecule has 0 amide bonds. The highest BCUT2D eigenvalue weighted by Gasteiger charge is 2.29. The highest BCUT2D eigenvalue weighted by atomic mass is 32.2. The third-order valence-corrected chi connectivity index (χ3v) is 7.06. The van der Waals surface area contributed by atoms with Crippen LogP contribution in [0, 0.1) is 5.13 Å². The van der Waals surface area contributed by atoms with Gasteiger partial charge in [0.1, 0.15) is 11.6 Å². The molecule has 160 valence electrons. The molecule has 0 aliphatic carbocycles. The van der Waals surface area contributed by atoms with Gasteiger partial charge in [0.25, 0.3) is 0 Å². The number of aromatic nitrogens is 2. The predicted molar refractivity (Wildman–Crippen MR) is 120 cm³/mol. The van der Waals surface area contributed by atoms with E-state index in [4.69, 9.17) is 19.4 Å². The number of ether oxygens (including phenoxy) is 2. The Hall–Kier alpha value is -2.65. The Balaban J connectivity index is 1.49. The number of thioether (sulfide) groups is 1. The number of hydrogen-bond donors (Lipinski definition) is 0. The number of benzene rings is 1. The first kappa shape index (κ1) is 20.3. The fraction of sp³-hybridized carbons (Fsp3) is 0.318. The summed E-state index contributed by atoms with van der Waals surface area (Å²) in [6.07, 6.45) is 0.891. The maximum atomic E-state index is 13.6. The van der Waals surface area contributed by atoms with Crippen LogP contribution in [0.25, 0.3) is 10.7 Å². The second-order valence-electron chi connectivity index (χ2n) is 7.18. The van der Waals surface area contributed by atoms with Gasteiger partial charge in [-0.3, -0.25) is 0 Å².